The molecular weight excluding hydrogens is 393 g/mol. The van der Waals surface area contributed by atoms with Crippen LogP contribution in [0.1, 0.15) is 29.8 Å². The number of nitro groups is 1. The lowest BCUT2D eigenvalue weighted by atomic mass is 9.99. The largest absolute Gasteiger partial charge is 0.531 e. The third-order valence-corrected chi connectivity index (χ3v) is 6.01. The number of nitro benzene ring substituents is 1. The van der Waals surface area contributed by atoms with Crippen molar-refractivity contribution in [3.05, 3.63) is 106 Å². The van der Waals surface area contributed by atoms with Gasteiger partial charge in [0.1, 0.15) is 5.75 Å². The first-order chi connectivity index (χ1) is 14.0. The minimum Gasteiger partial charge on any atom is -0.404 e. The van der Waals surface area contributed by atoms with Gasteiger partial charge in [0, 0.05) is 18.6 Å². The topological polar surface area (TPSA) is 87.9 Å². The molecule has 29 heavy (non-hydrogen) atoms. The van der Waals surface area contributed by atoms with Crippen molar-refractivity contribution < 1.29 is 23.1 Å². The third kappa shape index (κ3) is 4.54. The molecule has 0 unspecified atom stereocenters. The standard InChI is InChI=1S/C21H18NO6P/c23-22(24)18-11-13-19(14-12-18)26-29(25)27-20(16-7-3-1-4-8-16)15-21(28-29)17-9-5-2-6-10-17/h1-14,20-21H,15H2/t20-,21+,29+. The van der Waals surface area contributed by atoms with Crippen molar-refractivity contribution in [2.24, 2.45) is 0 Å². The molecule has 0 saturated carbocycles. The molecule has 0 aliphatic carbocycles. The summed E-state index contributed by atoms with van der Waals surface area (Å²) in [6.45, 7) is 0. The van der Waals surface area contributed by atoms with Gasteiger partial charge in [-0.05, 0) is 23.3 Å². The van der Waals surface area contributed by atoms with E-state index in [0.717, 1.165) is 11.1 Å². The molecule has 148 valence electrons. The molecule has 0 spiro atoms. The molecule has 3 atom stereocenters. The van der Waals surface area contributed by atoms with Gasteiger partial charge in [0.25, 0.3) is 5.69 Å². The number of non-ortho nitro benzene ring substituents is 1. The summed E-state index contributed by atoms with van der Waals surface area (Å²) in [6.07, 6.45) is -0.500. The van der Waals surface area contributed by atoms with Gasteiger partial charge in [-0.1, -0.05) is 60.7 Å². The highest BCUT2D eigenvalue weighted by molar-refractivity contribution is 7.49. The first-order valence-corrected chi connectivity index (χ1v) is 10.5. The second-order valence-corrected chi connectivity index (χ2v) is 8.03. The number of benzene rings is 3. The van der Waals surface area contributed by atoms with Crippen molar-refractivity contribution in [3.8, 4) is 5.75 Å². The van der Waals surface area contributed by atoms with E-state index in [0.29, 0.717) is 6.42 Å². The van der Waals surface area contributed by atoms with E-state index >= 15 is 0 Å². The number of hydrogen-bond donors (Lipinski definition) is 0. The fourth-order valence-corrected chi connectivity index (χ4v) is 4.70. The Morgan fingerprint density at radius 3 is 1.76 bits per heavy atom. The summed E-state index contributed by atoms with van der Waals surface area (Å²) in [6, 6.07) is 24.2. The molecule has 3 aromatic rings. The molecule has 0 radical (unpaired) electrons. The lowest BCUT2D eigenvalue weighted by molar-refractivity contribution is -0.384. The summed E-state index contributed by atoms with van der Waals surface area (Å²) in [5, 5.41) is 10.8. The lowest BCUT2D eigenvalue weighted by Gasteiger charge is -2.34. The molecule has 7 nitrogen and oxygen atoms in total. The summed E-state index contributed by atoms with van der Waals surface area (Å²) < 4.78 is 30.5. The Morgan fingerprint density at radius 2 is 1.31 bits per heavy atom. The molecule has 1 fully saturated rings. The number of phosphoric ester groups is 1. The minimum absolute atomic E-state index is 0.0922. The molecule has 0 aromatic heterocycles. The van der Waals surface area contributed by atoms with Crippen LogP contribution in [0.25, 0.3) is 0 Å². The predicted octanol–water partition coefficient (Wildman–Crippen LogP) is 6.00. The van der Waals surface area contributed by atoms with E-state index in [1.54, 1.807) is 0 Å². The van der Waals surface area contributed by atoms with Crippen molar-refractivity contribution in [3.63, 3.8) is 0 Å². The summed E-state index contributed by atoms with van der Waals surface area (Å²) in [5.74, 6) is 0.166. The molecule has 8 heteroatoms. The van der Waals surface area contributed by atoms with E-state index in [9.17, 15) is 14.7 Å². The van der Waals surface area contributed by atoms with Crippen molar-refractivity contribution in [2.45, 2.75) is 18.6 Å². The van der Waals surface area contributed by atoms with Gasteiger partial charge < -0.3 is 4.52 Å². The molecule has 4 rings (SSSR count). The molecular formula is C21H18NO6P. The number of hydrogen-bond acceptors (Lipinski definition) is 6. The van der Waals surface area contributed by atoms with Gasteiger partial charge in [-0.25, -0.2) is 4.57 Å². The first-order valence-electron chi connectivity index (χ1n) is 9.03. The van der Waals surface area contributed by atoms with Crippen LogP contribution in [0.15, 0.2) is 84.9 Å². The molecule has 1 aliphatic rings. The molecule has 1 saturated heterocycles. The van der Waals surface area contributed by atoms with Crippen LogP contribution in [-0.2, 0) is 13.6 Å². The van der Waals surface area contributed by atoms with Crippen molar-refractivity contribution in [2.75, 3.05) is 0 Å². The average molecular weight is 411 g/mol. The molecule has 0 bridgehead atoms. The number of nitrogens with zero attached hydrogens (tertiary/aromatic N) is 1. The summed E-state index contributed by atoms with van der Waals surface area (Å²) in [5.41, 5.74) is 1.64. The smallest absolute Gasteiger partial charge is 0.404 e. The van der Waals surface area contributed by atoms with E-state index in [1.165, 1.54) is 24.3 Å². The molecule has 1 heterocycles. The van der Waals surface area contributed by atoms with Crippen LogP contribution in [0, 0.1) is 10.1 Å². The van der Waals surface area contributed by atoms with Gasteiger partial charge >= 0.3 is 7.82 Å². The fourth-order valence-electron chi connectivity index (χ4n) is 3.15. The van der Waals surface area contributed by atoms with Crippen LogP contribution >= 0.6 is 7.82 Å². The Kier molecular flexibility index (Phi) is 5.45. The second-order valence-electron chi connectivity index (χ2n) is 6.53. The van der Waals surface area contributed by atoms with Gasteiger partial charge in [-0.2, -0.15) is 0 Å². The van der Waals surface area contributed by atoms with Crippen LogP contribution in [0.2, 0.25) is 0 Å². The summed E-state index contributed by atoms with van der Waals surface area (Å²) in [7, 11) is -3.99. The minimum atomic E-state index is -3.99. The van der Waals surface area contributed by atoms with Crippen LogP contribution in [0.3, 0.4) is 0 Å². The van der Waals surface area contributed by atoms with E-state index in [-0.39, 0.29) is 11.4 Å². The molecule has 0 N–H and O–H groups in total. The Morgan fingerprint density at radius 1 is 0.828 bits per heavy atom. The average Bonchev–Trinajstić information content (AvgIpc) is 2.75. The molecule has 0 amide bonds. The highest BCUT2D eigenvalue weighted by atomic mass is 31.2. The third-order valence-electron chi connectivity index (χ3n) is 4.55. The SMILES string of the molecule is O=[N+]([O-])c1ccc(O[P@]2(=O)O[C@H](c3ccccc3)C[C@H](c3ccccc3)O2)cc1. The van der Waals surface area contributed by atoms with Gasteiger partial charge in [-0.15, -0.1) is 0 Å². The van der Waals surface area contributed by atoms with E-state index in [1.807, 2.05) is 60.7 Å². The van der Waals surface area contributed by atoms with E-state index in [4.69, 9.17) is 13.6 Å². The highest BCUT2D eigenvalue weighted by Gasteiger charge is 2.43. The van der Waals surface area contributed by atoms with Crippen molar-refractivity contribution in [1.82, 2.24) is 0 Å². The van der Waals surface area contributed by atoms with Crippen LogP contribution in [0.4, 0.5) is 5.69 Å². The fraction of sp³-hybridized carbons (Fsp3) is 0.143. The Bertz CT molecular complexity index is 975. The van der Waals surface area contributed by atoms with Crippen molar-refractivity contribution >= 4 is 13.5 Å². The monoisotopic (exact) mass is 411 g/mol. The summed E-state index contributed by atoms with van der Waals surface area (Å²) >= 11 is 0. The quantitative estimate of drug-likeness (QED) is 0.291. The number of phosphoric acid groups is 1. The zero-order chi connectivity index (χ0) is 20.3. The number of rotatable bonds is 5. The van der Waals surface area contributed by atoms with E-state index in [2.05, 4.69) is 0 Å². The summed E-state index contributed by atoms with van der Waals surface area (Å²) in [4.78, 5) is 10.3. The molecule has 3 aromatic carbocycles. The van der Waals surface area contributed by atoms with Gasteiger partial charge in [0.2, 0.25) is 0 Å². The van der Waals surface area contributed by atoms with E-state index < -0.39 is 25.0 Å². The Labute approximate surface area is 167 Å². The first kappa shape index (κ1) is 19.3. The lowest BCUT2D eigenvalue weighted by Crippen LogP contribution is -2.20. The maximum Gasteiger partial charge on any atom is 0.531 e. The normalized spacial score (nSPS) is 24.0. The van der Waals surface area contributed by atoms with Gasteiger partial charge in [0.15, 0.2) is 0 Å². The zero-order valence-electron chi connectivity index (χ0n) is 15.3. The maximum absolute atomic E-state index is 13.4. The second kappa shape index (κ2) is 8.17. The van der Waals surface area contributed by atoms with Crippen LogP contribution in [0.5, 0.6) is 5.75 Å². The van der Waals surface area contributed by atoms with Gasteiger partial charge in [-0.3, -0.25) is 19.2 Å². The Balaban J connectivity index is 1.63. The van der Waals surface area contributed by atoms with Crippen LogP contribution < -0.4 is 4.52 Å². The zero-order valence-corrected chi connectivity index (χ0v) is 16.2. The maximum atomic E-state index is 13.4. The Hall–Kier alpha value is -2.99. The highest BCUT2D eigenvalue weighted by Crippen LogP contribution is 2.61. The van der Waals surface area contributed by atoms with Crippen molar-refractivity contribution in [1.29, 1.82) is 0 Å². The van der Waals surface area contributed by atoms with Gasteiger partial charge in [0.05, 0.1) is 17.1 Å². The molecule has 1 aliphatic heterocycles. The predicted molar refractivity (Wildman–Crippen MR) is 106 cm³/mol. The van der Waals surface area contributed by atoms with Crippen LogP contribution in [-0.4, -0.2) is 4.92 Å².